The highest BCUT2D eigenvalue weighted by Gasteiger charge is 2.46. The molecule has 1 aromatic heterocycles. The molecule has 5 rings (SSSR count). The minimum absolute atomic E-state index is 0.0998. The topological polar surface area (TPSA) is 108 Å². The van der Waals surface area contributed by atoms with Crippen molar-refractivity contribution in [1.29, 1.82) is 0 Å². The van der Waals surface area contributed by atoms with Crippen molar-refractivity contribution in [3.63, 3.8) is 0 Å². The van der Waals surface area contributed by atoms with E-state index in [1.54, 1.807) is 36.5 Å². The first-order valence-electron chi connectivity index (χ1n) is 12.4. The summed E-state index contributed by atoms with van der Waals surface area (Å²) in [6.45, 7) is 2.04. The molecular formula is C29H26BrClN4O4. The molecule has 0 aliphatic carbocycles. The van der Waals surface area contributed by atoms with E-state index in [9.17, 15) is 9.59 Å². The summed E-state index contributed by atoms with van der Waals surface area (Å²) in [5.41, 5.74) is 3.01. The van der Waals surface area contributed by atoms with Gasteiger partial charge in [-0.15, -0.1) is 0 Å². The number of ether oxygens (including phenoxy) is 1. The second-order valence-electron chi connectivity index (χ2n) is 9.18. The number of H-pyrrole nitrogens is 1. The van der Waals surface area contributed by atoms with E-state index >= 15 is 0 Å². The van der Waals surface area contributed by atoms with Gasteiger partial charge in [0.05, 0.1) is 23.5 Å². The number of amides is 3. The lowest BCUT2D eigenvalue weighted by Crippen LogP contribution is -2.38. The molecule has 3 amide bonds. The van der Waals surface area contributed by atoms with Crippen LogP contribution in [-0.4, -0.2) is 45.1 Å². The third-order valence-corrected chi connectivity index (χ3v) is 7.52. The van der Waals surface area contributed by atoms with Crippen LogP contribution in [0.1, 0.15) is 41.9 Å². The van der Waals surface area contributed by atoms with Crippen LogP contribution in [0.2, 0.25) is 5.02 Å². The summed E-state index contributed by atoms with van der Waals surface area (Å²) < 4.78 is 6.27. The van der Waals surface area contributed by atoms with Gasteiger partial charge >= 0.3 is 6.03 Å². The predicted octanol–water partition coefficient (Wildman–Crippen LogP) is 6.00. The summed E-state index contributed by atoms with van der Waals surface area (Å²) in [6.07, 6.45) is 1.66. The first-order valence-corrected chi connectivity index (χ1v) is 13.6. The van der Waals surface area contributed by atoms with Crippen LogP contribution in [0.5, 0.6) is 5.75 Å². The molecular weight excluding hydrogens is 584 g/mol. The van der Waals surface area contributed by atoms with E-state index in [0.717, 1.165) is 15.6 Å². The summed E-state index contributed by atoms with van der Waals surface area (Å²) in [4.78, 5) is 36.4. The molecule has 1 unspecified atom stereocenters. The molecule has 1 aliphatic rings. The van der Waals surface area contributed by atoms with Crippen LogP contribution in [0.4, 0.5) is 4.79 Å². The highest BCUT2D eigenvalue weighted by atomic mass is 79.9. The summed E-state index contributed by atoms with van der Waals surface area (Å²) in [6, 6.07) is 20.1. The number of imidazole rings is 1. The van der Waals surface area contributed by atoms with E-state index in [4.69, 9.17) is 21.4 Å². The Morgan fingerprint density at radius 2 is 1.85 bits per heavy atom. The second kappa shape index (κ2) is 11.6. The summed E-state index contributed by atoms with van der Waals surface area (Å²) in [7, 11) is 0. The third-order valence-electron chi connectivity index (χ3n) is 6.72. The lowest BCUT2D eigenvalue weighted by atomic mass is 9.91. The number of nitrogens with zero attached hydrogens (tertiary/aromatic N) is 2. The minimum atomic E-state index is -0.856. The zero-order valence-corrected chi connectivity index (χ0v) is 23.3. The largest absolute Gasteiger partial charge is 0.491 e. The average molecular weight is 610 g/mol. The number of carbonyl (C=O) groups excluding carboxylic acids is 2. The van der Waals surface area contributed by atoms with E-state index in [1.165, 1.54) is 4.90 Å². The first kappa shape index (κ1) is 26.9. The SMILES string of the molecule is C[C@@H](c1ccccc1)C(c1ncc(-c2ccc(Br)cc2Cl)[nH]1)N1C(=O)N[C@H](c2ccc(OCCO)cc2)C1=O. The lowest BCUT2D eigenvalue weighted by Gasteiger charge is -2.29. The van der Waals surface area contributed by atoms with Gasteiger partial charge in [0.2, 0.25) is 0 Å². The van der Waals surface area contributed by atoms with E-state index in [0.29, 0.717) is 27.9 Å². The van der Waals surface area contributed by atoms with Crippen LogP contribution < -0.4 is 10.1 Å². The van der Waals surface area contributed by atoms with Gasteiger partial charge in [-0.25, -0.2) is 9.78 Å². The van der Waals surface area contributed by atoms with Crippen molar-refractivity contribution in [2.24, 2.45) is 0 Å². The zero-order valence-electron chi connectivity index (χ0n) is 21.0. The lowest BCUT2D eigenvalue weighted by molar-refractivity contribution is -0.129. The minimum Gasteiger partial charge on any atom is -0.491 e. The number of halogens is 2. The average Bonchev–Trinajstić information content (AvgIpc) is 3.53. The molecule has 3 atom stereocenters. The smallest absolute Gasteiger partial charge is 0.325 e. The van der Waals surface area contributed by atoms with Gasteiger partial charge in [0.1, 0.15) is 30.3 Å². The zero-order chi connectivity index (χ0) is 27.5. The third kappa shape index (κ3) is 5.56. The van der Waals surface area contributed by atoms with Crippen LogP contribution in [0, 0.1) is 0 Å². The fourth-order valence-electron chi connectivity index (χ4n) is 4.76. The van der Waals surface area contributed by atoms with Crippen molar-refractivity contribution in [2.75, 3.05) is 13.2 Å². The number of benzene rings is 3. The first-order chi connectivity index (χ1) is 18.9. The Labute approximate surface area is 239 Å². The maximum Gasteiger partial charge on any atom is 0.325 e. The molecule has 1 aliphatic heterocycles. The number of rotatable bonds is 9. The molecule has 0 saturated carbocycles. The van der Waals surface area contributed by atoms with Crippen molar-refractivity contribution in [2.45, 2.75) is 24.9 Å². The molecule has 3 aromatic carbocycles. The normalized spacial score (nSPS) is 16.7. The Morgan fingerprint density at radius 3 is 2.54 bits per heavy atom. The number of nitrogens with one attached hydrogen (secondary N) is 2. The Balaban J connectivity index is 1.50. The van der Waals surface area contributed by atoms with Crippen molar-refractivity contribution in [3.05, 3.63) is 105 Å². The van der Waals surface area contributed by atoms with Crippen LogP contribution in [0.3, 0.4) is 0 Å². The molecule has 8 nitrogen and oxygen atoms in total. The van der Waals surface area contributed by atoms with Gasteiger partial charge in [0.25, 0.3) is 5.91 Å². The van der Waals surface area contributed by atoms with Gasteiger partial charge < -0.3 is 20.1 Å². The molecule has 39 heavy (non-hydrogen) atoms. The number of aliphatic hydroxyl groups excluding tert-OH is 1. The Bertz CT molecular complexity index is 1480. The number of aromatic amines is 1. The monoisotopic (exact) mass is 608 g/mol. The predicted molar refractivity (Wildman–Crippen MR) is 151 cm³/mol. The number of urea groups is 1. The Morgan fingerprint density at radius 1 is 1.10 bits per heavy atom. The fraction of sp³-hybridized carbons (Fsp3) is 0.207. The number of imide groups is 1. The maximum absolute atomic E-state index is 13.8. The standard InChI is InChI=1S/C29H26BrClN4O4/c1-17(18-5-3-2-4-6-18)26(27-32-16-24(33-27)22-12-9-20(30)15-23(22)31)35-28(37)25(34-29(35)38)19-7-10-21(11-8-19)39-14-13-36/h2-12,15-17,25-26,36H,13-14H2,1H3,(H,32,33)(H,34,38)/t17-,25+,26?/m0/s1. The molecule has 1 fully saturated rings. The second-order valence-corrected chi connectivity index (χ2v) is 10.5. The van der Waals surface area contributed by atoms with Crippen molar-refractivity contribution >= 4 is 39.5 Å². The fourth-order valence-corrected chi connectivity index (χ4v) is 5.53. The van der Waals surface area contributed by atoms with Crippen LogP contribution in [0.15, 0.2) is 83.5 Å². The number of carbonyl (C=O) groups is 2. The molecule has 0 radical (unpaired) electrons. The van der Waals surface area contributed by atoms with Gasteiger partial charge in [-0.2, -0.15) is 0 Å². The van der Waals surface area contributed by atoms with Crippen LogP contribution >= 0.6 is 27.5 Å². The molecule has 3 N–H and O–H groups in total. The van der Waals surface area contributed by atoms with Crippen molar-refractivity contribution in [1.82, 2.24) is 20.2 Å². The van der Waals surface area contributed by atoms with E-state index in [2.05, 4.69) is 31.2 Å². The molecule has 2 heterocycles. The number of aromatic nitrogens is 2. The van der Waals surface area contributed by atoms with Gasteiger partial charge in [-0.3, -0.25) is 9.69 Å². The van der Waals surface area contributed by atoms with Gasteiger partial charge in [0.15, 0.2) is 0 Å². The molecule has 200 valence electrons. The van der Waals surface area contributed by atoms with Crippen molar-refractivity contribution in [3.8, 4) is 17.0 Å². The molecule has 0 bridgehead atoms. The number of aliphatic hydroxyl groups is 1. The highest BCUT2D eigenvalue weighted by molar-refractivity contribution is 9.10. The Kier molecular flexibility index (Phi) is 8.02. The Hall–Kier alpha value is -3.66. The summed E-state index contributed by atoms with van der Waals surface area (Å²) in [5.74, 6) is 0.383. The summed E-state index contributed by atoms with van der Waals surface area (Å²) >= 11 is 9.91. The number of hydrogen-bond acceptors (Lipinski definition) is 5. The molecule has 4 aromatic rings. The quantitative estimate of drug-likeness (QED) is 0.202. The van der Waals surface area contributed by atoms with E-state index in [-0.39, 0.29) is 25.0 Å². The summed E-state index contributed by atoms with van der Waals surface area (Å²) in [5, 5.41) is 12.3. The van der Waals surface area contributed by atoms with Crippen molar-refractivity contribution < 1.29 is 19.4 Å². The molecule has 1 saturated heterocycles. The highest BCUT2D eigenvalue weighted by Crippen LogP contribution is 2.40. The molecule has 0 spiro atoms. The number of hydrogen-bond donors (Lipinski definition) is 3. The van der Waals surface area contributed by atoms with Gasteiger partial charge in [0, 0.05) is 16.0 Å². The van der Waals surface area contributed by atoms with Crippen LogP contribution in [0.25, 0.3) is 11.3 Å². The van der Waals surface area contributed by atoms with E-state index in [1.807, 2.05) is 49.4 Å². The molecule has 10 heteroatoms. The van der Waals surface area contributed by atoms with E-state index < -0.39 is 18.1 Å². The van der Waals surface area contributed by atoms with Gasteiger partial charge in [-0.05, 0) is 35.4 Å². The van der Waals surface area contributed by atoms with Gasteiger partial charge in [-0.1, -0.05) is 83.0 Å². The maximum atomic E-state index is 13.8. The van der Waals surface area contributed by atoms with Crippen LogP contribution in [-0.2, 0) is 4.79 Å².